The molecular formula is C11H13NO. The van der Waals surface area contributed by atoms with E-state index in [0.717, 1.165) is 18.5 Å². The van der Waals surface area contributed by atoms with E-state index in [-0.39, 0.29) is 5.91 Å². The quantitative estimate of drug-likeness (QED) is 0.673. The van der Waals surface area contributed by atoms with Crippen molar-refractivity contribution in [2.24, 2.45) is 5.92 Å². The Balaban J connectivity index is 2.12. The predicted molar refractivity (Wildman–Crippen MR) is 52.6 cm³/mol. The number of hydrogen-bond acceptors (Lipinski definition) is 1. The summed E-state index contributed by atoms with van der Waals surface area (Å²) in [5.74, 6) is 0.552. The highest BCUT2D eigenvalue weighted by atomic mass is 16.2. The SMILES string of the molecule is CN(C(=O)C1CC1)c1ccccc1. The Morgan fingerprint density at radius 1 is 1.31 bits per heavy atom. The summed E-state index contributed by atoms with van der Waals surface area (Å²) in [7, 11) is 1.84. The van der Waals surface area contributed by atoms with E-state index in [0.29, 0.717) is 5.92 Å². The molecule has 2 rings (SSSR count). The number of carbonyl (C=O) groups is 1. The number of carbonyl (C=O) groups excluding carboxylic acids is 1. The third kappa shape index (κ3) is 1.72. The van der Waals surface area contributed by atoms with E-state index >= 15 is 0 Å². The van der Waals surface area contributed by atoms with Gasteiger partial charge >= 0.3 is 0 Å². The summed E-state index contributed by atoms with van der Waals surface area (Å²) in [4.78, 5) is 13.4. The molecule has 13 heavy (non-hydrogen) atoms. The fourth-order valence-electron chi connectivity index (χ4n) is 1.38. The Labute approximate surface area is 78.2 Å². The molecule has 0 atom stereocenters. The maximum Gasteiger partial charge on any atom is 0.229 e. The third-order valence-electron chi connectivity index (χ3n) is 2.40. The zero-order valence-electron chi connectivity index (χ0n) is 7.73. The van der Waals surface area contributed by atoms with Gasteiger partial charge in [-0.2, -0.15) is 0 Å². The van der Waals surface area contributed by atoms with Crippen LogP contribution in [0.3, 0.4) is 0 Å². The lowest BCUT2D eigenvalue weighted by atomic mass is 10.2. The minimum Gasteiger partial charge on any atom is -0.315 e. The normalized spacial score (nSPS) is 15.5. The summed E-state index contributed by atoms with van der Waals surface area (Å²) in [6.07, 6.45) is 2.13. The van der Waals surface area contributed by atoms with Crippen molar-refractivity contribution in [2.75, 3.05) is 11.9 Å². The minimum atomic E-state index is 0.256. The van der Waals surface area contributed by atoms with Gasteiger partial charge in [0, 0.05) is 18.7 Å². The second kappa shape index (κ2) is 3.21. The average molecular weight is 175 g/mol. The van der Waals surface area contributed by atoms with E-state index in [9.17, 15) is 4.79 Å². The highest BCUT2D eigenvalue weighted by Crippen LogP contribution is 2.31. The third-order valence-corrected chi connectivity index (χ3v) is 2.40. The molecule has 2 heteroatoms. The van der Waals surface area contributed by atoms with Crippen molar-refractivity contribution in [1.29, 1.82) is 0 Å². The smallest absolute Gasteiger partial charge is 0.229 e. The van der Waals surface area contributed by atoms with Gasteiger partial charge in [0.2, 0.25) is 5.91 Å². The Morgan fingerprint density at radius 2 is 1.92 bits per heavy atom. The number of amides is 1. The van der Waals surface area contributed by atoms with E-state index in [1.165, 1.54) is 0 Å². The van der Waals surface area contributed by atoms with Crippen LogP contribution in [0.15, 0.2) is 30.3 Å². The van der Waals surface area contributed by atoms with Gasteiger partial charge in [0.05, 0.1) is 0 Å². The van der Waals surface area contributed by atoms with Crippen LogP contribution in [-0.2, 0) is 4.79 Å². The van der Waals surface area contributed by atoms with Crippen LogP contribution in [0.4, 0.5) is 5.69 Å². The van der Waals surface area contributed by atoms with E-state index in [1.54, 1.807) is 4.90 Å². The molecule has 0 aromatic heterocycles. The largest absolute Gasteiger partial charge is 0.315 e. The molecule has 1 aliphatic rings. The fraction of sp³-hybridized carbons (Fsp3) is 0.364. The summed E-state index contributed by atoms with van der Waals surface area (Å²) < 4.78 is 0. The van der Waals surface area contributed by atoms with Crippen LogP contribution in [0.1, 0.15) is 12.8 Å². The molecule has 1 aromatic rings. The van der Waals surface area contributed by atoms with Crippen LogP contribution < -0.4 is 4.90 Å². The molecule has 0 bridgehead atoms. The Bertz CT molecular complexity index is 303. The number of rotatable bonds is 2. The van der Waals surface area contributed by atoms with Gasteiger partial charge in [-0.3, -0.25) is 4.79 Å². The van der Waals surface area contributed by atoms with Gasteiger partial charge in [0.25, 0.3) is 0 Å². The Morgan fingerprint density at radius 3 is 2.46 bits per heavy atom. The highest BCUT2D eigenvalue weighted by molar-refractivity contribution is 5.95. The van der Waals surface area contributed by atoms with Gasteiger partial charge in [-0.15, -0.1) is 0 Å². The summed E-state index contributed by atoms with van der Waals surface area (Å²) in [6, 6.07) is 9.78. The van der Waals surface area contributed by atoms with Crippen LogP contribution in [0.25, 0.3) is 0 Å². The Hall–Kier alpha value is -1.31. The summed E-state index contributed by atoms with van der Waals surface area (Å²) in [6.45, 7) is 0. The molecule has 0 aliphatic heterocycles. The molecule has 0 N–H and O–H groups in total. The molecule has 1 aromatic carbocycles. The predicted octanol–water partition coefficient (Wildman–Crippen LogP) is 2.06. The van der Waals surface area contributed by atoms with Gasteiger partial charge in [-0.25, -0.2) is 0 Å². The minimum absolute atomic E-state index is 0.256. The summed E-state index contributed by atoms with van der Waals surface area (Å²) >= 11 is 0. The molecule has 0 radical (unpaired) electrons. The lowest BCUT2D eigenvalue weighted by Crippen LogP contribution is -2.27. The number of hydrogen-bond donors (Lipinski definition) is 0. The lowest BCUT2D eigenvalue weighted by Gasteiger charge is -2.16. The van der Waals surface area contributed by atoms with Gasteiger partial charge in [-0.05, 0) is 25.0 Å². The van der Waals surface area contributed by atoms with Crippen LogP contribution in [-0.4, -0.2) is 13.0 Å². The first-order valence-corrected chi connectivity index (χ1v) is 4.61. The molecule has 68 valence electrons. The number of anilines is 1. The molecule has 0 heterocycles. The van der Waals surface area contributed by atoms with Crippen molar-refractivity contribution in [3.8, 4) is 0 Å². The first-order chi connectivity index (χ1) is 6.29. The monoisotopic (exact) mass is 175 g/mol. The maximum absolute atomic E-state index is 11.6. The van der Waals surface area contributed by atoms with Crippen molar-refractivity contribution >= 4 is 11.6 Å². The lowest BCUT2D eigenvalue weighted by molar-refractivity contribution is -0.119. The molecule has 1 aliphatic carbocycles. The van der Waals surface area contributed by atoms with E-state index < -0.39 is 0 Å². The molecule has 0 spiro atoms. The highest BCUT2D eigenvalue weighted by Gasteiger charge is 2.32. The molecule has 0 saturated heterocycles. The molecular weight excluding hydrogens is 162 g/mol. The topological polar surface area (TPSA) is 20.3 Å². The van der Waals surface area contributed by atoms with Crippen molar-refractivity contribution < 1.29 is 4.79 Å². The van der Waals surface area contributed by atoms with Crippen LogP contribution >= 0.6 is 0 Å². The van der Waals surface area contributed by atoms with Crippen molar-refractivity contribution in [1.82, 2.24) is 0 Å². The van der Waals surface area contributed by atoms with Gasteiger partial charge < -0.3 is 4.90 Å². The molecule has 1 amide bonds. The maximum atomic E-state index is 11.6. The first kappa shape index (κ1) is 8.30. The molecule has 1 fully saturated rings. The summed E-state index contributed by atoms with van der Waals surface area (Å²) in [5, 5.41) is 0. The average Bonchev–Trinajstić information content (AvgIpc) is 3.00. The van der Waals surface area contributed by atoms with Crippen LogP contribution in [0.2, 0.25) is 0 Å². The number of benzene rings is 1. The van der Waals surface area contributed by atoms with Crippen molar-refractivity contribution in [3.05, 3.63) is 30.3 Å². The fourth-order valence-corrected chi connectivity index (χ4v) is 1.38. The van der Waals surface area contributed by atoms with E-state index in [1.807, 2.05) is 37.4 Å². The zero-order chi connectivity index (χ0) is 9.26. The van der Waals surface area contributed by atoms with Crippen LogP contribution in [0.5, 0.6) is 0 Å². The van der Waals surface area contributed by atoms with Crippen LogP contribution in [0, 0.1) is 5.92 Å². The number of nitrogens with zero attached hydrogens (tertiary/aromatic N) is 1. The van der Waals surface area contributed by atoms with E-state index in [2.05, 4.69) is 0 Å². The first-order valence-electron chi connectivity index (χ1n) is 4.61. The summed E-state index contributed by atoms with van der Waals surface area (Å²) in [5.41, 5.74) is 0.986. The van der Waals surface area contributed by atoms with Gasteiger partial charge in [0.1, 0.15) is 0 Å². The molecule has 0 unspecified atom stereocenters. The van der Waals surface area contributed by atoms with Crippen molar-refractivity contribution in [2.45, 2.75) is 12.8 Å². The second-order valence-corrected chi connectivity index (χ2v) is 3.51. The Kier molecular flexibility index (Phi) is 2.05. The molecule has 1 saturated carbocycles. The standard InChI is InChI=1S/C11H13NO/c1-12(11(13)9-7-8-9)10-5-3-2-4-6-10/h2-6,9H,7-8H2,1H3. The second-order valence-electron chi connectivity index (χ2n) is 3.51. The van der Waals surface area contributed by atoms with E-state index in [4.69, 9.17) is 0 Å². The van der Waals surface area contributed by atoms with Gasteiger partial charge in [0.15, 0.2) is 0 Å². The van der Waals surface area contributed by atoms with Gasteiger partial charge in [-0.1, -0.05) is 18.2 Å². The van der Waals surface area contributed by atoms with Crippen molar-refractivity contribution in [3.63, 3.8) is 0 Å². The number of para-hydroxylation sites is 1. The molecule has 2 nitrogen and oxygen atoms in total. The zero-order valence-corrected chi connectivity index (χ0v) is 7.73.